The molecule has 0 aromatic heterocycles. The van der Waals surface area contributed by atoms with Crippen LogP contribution >= 0.6 is 0 Å². The molecule has 0 amide bonds. The van der Waals surface area contributed by atoms with Crippen molar-refractivity contribution < 1.29 is 0 Å². The van der Waals surface area contributed by atoms with E-state index in [0.717, 1.165) is 12.3 Å². The number of aryl methyl sites for hydroxylation is 2. The van der Waals surface area contributed by atoms with E-state index in [9.17, 15) is 0 Å². The van der Waals surface area contributed by atoms with Gasteiger partial charge < -0.3 is 0 Å². The predicted octanol–water partition coefficient (Wildman–Crippen LogP) is 6.18. The molecule has 1 aromatic carbocycles. The van der Waals surface area contributed by atoms with Crippen LogP contribution in [-0.4, -0.2) is 0 Å². The number of benzene rings is 1. The molecular weight excluding hydrogens is 240 g/mol. The third-order valence-corrected chi connectivity index (χ3v) is 5.44. The van der Waals surface area contributed by atoms with Crippen LogP contribution in [0.1, 0.15) is 76.8 Å². The molecule has 0 radical (unpaired) electrons. The van der Waals surface area contributed by atoms with Gasteiger partial charge in [0.2, 0.25) is 0 Å². The van der Waals surface area contributed by atoms with Gasteiger partial charge in [-0.2, -0.15) is 0 Å². The molecule has 2 rings (SSSR count). The Balaban J connectivity index is 1.75. The van der Waals surface area contributed by atoms with Gasteiger partial charge in [0.15, 0.2) is 0 Å². The molecule has 112 valence electrons. The SMILES string of the molecule is CCCC1(C)CCC(CCc2ccc(CC)cc2)CC1. The highest BCUT2D eigenvalue weighted by molar-refractivity contribution is 5.22. The second-order valence-electron chi connectivity index (χ2n) is 7.21. The quantitative estimate of drug-likeness (QED) is 0.580. The summed E-state index contributed by atoms with van der Waals surface area (Å²) in [4.78, 5) is 0. The Kier molecular flexibility index (Phi) is 5.69. The molecule has 1 saturated carbocycles. The van der Waals surface area contributed by atoms with Crippen LogP contribution in [0.3, 0.4) is 0 Å². The van der Waals surface area contributed by atoms with E-state index in [4.69, 9.17) is 0 Å². The summed E-state index contributed by atoms with van der Waals surface area (Å²) in [5, 5.41) is 0. The van der Waals surface area contributed by atoms with Gasteiger partial charge in [-0.25, -0.2) is 0 Å². The Morgan fingerprint density at radius 3 is 2.15 bits per heavy atom. The lowest BCUT2D eigenvalue weighted by molar-refractivity contribution is 0.151. The first-order chi connectivity index (χ1) is 9.65. The van der Waals surface area contributed by atoms with Crippen molar-refractivity contribution in [1.29, 1.82) is 0 Å². The van der Waals surface area contributed by atoms with Crippen molar-refractivity contribution in [3.05, 3.63) is 35.4 Å². The molecule has 0 nitrogen and oxygen atoms in total. The molecule has 0 heterocycles. The maximum Gasteiger partial charge on any atom is -0.0276 e. The Hall–Kier alpha value is -0.780. The van der Waals surface area contributed by atoms with Crippen LogP contribution in [0.2, 0.25) is 0 Å². The molecule has 1 aromatic rings. The molecule has 1 fully saturated rings. The first-order valence-corrected chi connectivity index (χ1v) is 8.73. The van der Waals surface area contributed by atoms with Crippen molar-refractivity contribution in [2.75, 3.05) is 0 Å². The molecule has 0 aliphatic heterocycles. The van der Waals surface area contributed by atoms with Gasteiger partial charge in [-0.3, -0.25) is 0 Å². The summed E-state index contributed by atoms with van der Waals surface area (Å²) in [6.07, 6.45) is 12.4. The summed E-state index contributed by atoms with van der Waals surface area (Å²) in [6, 6.07) is 9.27. The van der Waals surface area contributed by atoms with Crippen LogP contribution in [0.5, 0.6) is 0 Å². The van der Waals surface area contributed by atoms with Gasteiger partial charge in [0.1, 0.15) is 0 Å². The first-order valence-electron chi connectivity index (χ1n) is 8.73. The summed E-state index contributed by atoms with van der Waals surface area (Å²) < 4.78 is 0. The van der Waals surface area contributed by atoms with Gasteiger partial charge in [-0.05, 0) is 73.8 Å². The molecule has 1 aliphatic carbocycles. The van der Waals surface area contributed by atoms with E-state index in [0.29, 0.717) is 5.41 Å². The number of rotatable bonds is 6. The molecule has 0 saturated heterocycles. The van der Waals surface area contributed by atoms with Crippen molar-refractivity contribution in [2.24, 2.45) is 11.3 Å². The molecule has 0 bridgehead atoms. The molecule has 0 heteroatoms. The zero-order valence-electron chi connectivity index (χ0n) is 13.8. The van der Waals surface area contributed by atoms with Gasteiger partial charge in [0.05, 0.1) is 0 Å². The van der Waals surface area contributed by atoms with Crippen molar-refractivity contribution in [2.45, 2.75) is 78.6 Å². The third-order valence-electron chi connectivity index (χ3n) is 5.44. The van der Waals surface area contributed by atoms with Crippen LogP contribution in [0, 0.1) is 11.3 Å². The van der Waals surface area contributed by atoms with Crippen LogP contribution in [0.4, 0.5) is 0 Å². The zero-order valence-corrected chi connectivity index (χ0v) is 13.8. The number of hydrogen-bond donors (Lipinski definition) is 0. The lowest BCUT2D eigenvalue weighted by atomic mass is 9.68. The highest BCUT2D eigenvalue weighted by atomic mass is 14.3. The second-order valence-corrected chi connectivity index (χ2v) is 7.21. The topological polar surface area (TPSA) is 0 Å². The lowest BCUT2D eigenvalue weighted by Gasteiger charge is -2.37. The highest BCUT2D eigenvalue weighted by Crippen LogP contribution is 2.43. The fourth-order valence-corrected chi connectivity index (χ4v) is 3.83. The average Bonchev–Trinajstić information content (AvgIpc) is 2.47. The van der Waals surface area contributed by atoms with Crippen molar-refractivity contribution >= 4 is 0 Å². The molecular formula is C20H32. The Labute approximate surface area is 126 Å². The van der Waals surface area contributed by atoms with Gasteiger partial charge >= 0.3 is 0 Å². The standard InChI is InChI=1S/C20H32/c1-4-14-20(3)15-12-19(13-16-20)11-10-18-8-6-17(5-2)7-9-18/h6-9,19H,4-5,10-16H2,1-3H3. The van der Waals surface area contributed by atoms with E-state index in [2.05, 4.69) is 45.0 Å². The smallest absolute Gasteiger partial charge is 0.0276 e. The molecule has 0 N–H and O–H groups in total. The summed E-state index contributed by atoms with van der Waals surface area (Å²) in [5.41, 5.74) is 3.65. The maximum absolute atomic E-state index is 2.51. The van der Waals surface area contributed by atoms with Crippen LogP contribution < -0.4 is 0 Å². The summed E-state index contributed by atoms with van der Waals surface area (Å²) >= 11 is 0. The third kappa shape index (κ3) is 4.36. The first kappa shape index (κ1) is 15.6. The van der Waals surface area contributed by atoms with E-state index in [-0.39, 0.29) is 0 Å². The predicted molar refractivity (Wildman–Crippen MR) is 89.1 cm³/mol. The van der Waals surface area contributed by atoms with E-state index in [1.54, 1.807) is 0 Å². The summed E-state index contributed by atoms with van der Waals surface area (Å²) in [6.45, 7) is 7.07. The zero-order chi connectivity index (χ0) is 14.4. The second kappa shape index (κ2) is 7.29. The highest BCUT2D eigenvalue weighted by Gasteiger charge is 2.29. The largest absolute Gasteiger partial charge is 0.0654 e. The normalized spacial score (nSPS) is 26.6. The van der Waals surface area contributed by atoms with Gasteiger partial charge in [-0.15, -0.1) is 0 Å². The van der Waals surface area contributed by atoms with E-state index in [1.807, 2.05) is 0 Å². The summed E-state index contributed by atoms with van der Waals surface area (Å²) in [7, 11) is 0. The van der Waals surface area contributed by atoms with Crippen LogP contribution in [-0.2, 0) is 12.8 Å². The average molecular weight is 272 g/mol. The minimum absolute atomic E-state index is 0.661. The molecule has 1 aliphatic rings. The van der Waals surface area contributed by atoms with E-state index < -0.39 is 0 Å². The minimum atomic E-state index is 0.661. The van der Waals surface area contributed by atoms with Gasteiger partial charge in [0.25, 0.3) is 0 Å². The van der Waals surface area contributed by atoms with Crippen molar-refractivity contribution in [1.82, 2.24) is 0 Å². The summed E-state index contributed by atoms with van der Waals surface area (Å²) in [5.74, 6) is 0.978. The van der Waals surface area contributed by atoms with E-state index in [1.165, 1.54) is 62.5 Å². The molecule has 20 heavy (non-hydrogen) atoms. The van der Waals surface area contributed by atoms with Gasteiger partial charge in [-0.1, -0.05) is 51.5 Å². The monoisotopic (exact) mass is 272 g/mol. The number of hydrogen-bond acceptors (Lipinski definition) is 0. The van der Waals surface area contributed by atoms with Crippen molar-refractivity contribution in [3.63, 3.8) is 0 Å². The minimum Gasteiger partial charge on any atom is -0.0654 e. The fraction of sp³-hybridized carbons (Fsp3) is 0.700. The van der Waals surface area contributed by atoms with Crippen molar-refractivity contribution in [3.8, 4) is 0 Å². The molecule has 0 spiro atoms. The molecule has 0 atom stereocenters. The maximum atomic E-state index is 2.51. The Bertz CT molecular complexity index is 379. The Morgan fingerprint density at radius 2 is 1.60 bits per heavy atom. The van der Waals surface area contributed by atoms with Gasteiger partial charge in [0, 0.05) is 0 Å². The molecule has 0 unspecified atom stereocenters. The Morgan fingerprint density at radius 1 is 1.00 bits per heavy atom. The fourth-order valence-electron chi connectivity index (χ4n) is 3.83. The van der Waals surface area contributed by atoms with Crippen LogP contribution in [0.25, 0.3) is 0 Å². The van der Waals surface area contributed by atoms with Crippen LogP contribution in [0.15, 0.2) is 24.3 Å². The van der Waals surface area contributed by atoms with E-state index >= 15 is 0 Å². The lowest BCUT2D eigenvalue weighted by Crippen LogP contribution is -2.24.